The van der Waals surface area contributed by atoms with Crippen LogP contribution in [0, 0.1) is 6.92 Å². The number of aryl methyl sites for hydroxylation is 1. The summed E-state index contributed by atoms with van der Waals surface area (Å²) in [4.78, 5) is 39.1. The number of carbonyl (C=O) groups excluding carboxylic acids is 3. The second kappa shape index (κ2) is 9.87. The second-order valence-corrected chi connectivity index (χ2v) is 7.62. The van der Waals surface area contributed by atoms with Crippen LogP contribution in [0.1, 0.15) is 33.0 Å². The lowest BCUT2D eigenvalue weighted by Crippen LogP contribution is -2.28. The van der Waals surface area contributed by atoms with Crippen molar-refractivity contribution in [1.82, 2.24) is 5.32 Å². The number of hydrogen-bond acceptors (Lipinski definition) is 6. The van der Waals surface area contributed by atoms with E-state index in [1.807, 2.05) is 56.3 Å². The molecule has 0 spiro atoms. The monoisotopic (exact) mass is 388 g/mol. The largest absolute Gasteiger partial charge is 0.456 e. The van der Waals surface area contributed by atoms with Crippen LogP contribution in [0.4, 0.5) is 5.69 Å². The highest BCUT2D eigenvalue weighted by atomic mass is 32.1. The second-order valence-electron chi connectivity index (χ2n) is 6.33. The molecule has 0 bridgehead atoms. The van der Waals surface area contributed by atoms with E-state index in [9.17, 15) is 14.4 Å². The van der Waals surface area contributed by atoms with Crippen molar-refractivity contribution in [2.24, 2.45) is 0 Å². The molecule has 0 aliphatic heterocycles. The number of Topliss-reactive ketones (excluding diaryl/α,β-unsaturated/α-hetero) is 1. The number of carbonyl (C=O) groups is 3. The molecule has 6 nitrogen and oxygen atoms in total. The SMILES string of the molecule is Cc1ccc(C(=O)CCC(=O)OCC(=O)NCc2ccc(N(C)C)cc2)s1. The zero-order valence-corrected chi connectivity index (χ0v) is 16.6. The minimum atomic E-state index is -0.554. The third kappa shape index (κ3) is 6.86. The Balaban J connectivity index is 1.65. The quantitative estimate of drug-likeness (QED) is 0.528. The zero-order valence-electron chi connectivity index (χ0n) is 15.8. The normalized spacial score (nSPS) is 10.3. The van der Waals surface area contributed by atoms with Gasteiger partial charge in [-0.2, -0.15) is 0 Å². The van der Waals surface area contributed by atoms with Crippen molar-refractivity contribution < 1.29 is 19.1 Å². The molecule has 0 atom stereocenters. The van der Waals surface area contributed by atoms with E-state index in [0.717, 1.165) is 16.1 Å². The number of ether oxygens (including phenoxy) is 1. The molecule has 1 aromatic heterocycles. The third-order valence-corrected chi connectivity index (χ3v) is 4.92. The molecule has 0 aliphatic carbocycles. The van der Waals surface area contributed by atoms with Crippen LogP contribution in [-0.2, 0) is 20.9 Å². The lowest BCUT2D eigenvalue weighted by molar-refractivity contribution is -0.148. The molecule has 0 saturated carbocycles. The molecule has 2 aromatic rings. The van der Waals surface area contributed by atoms with Gasteiger partial charge in [0.15, 0.2) is 12.4 Å². The first-order valence-electron chi connectivity index (χ1n) is 8.63. The van der Waals surface area contributed by atoms with Crippen LogP contribution >= 0.6 is 11.3 Å². The summed E-state index contributed by atoms with van der Waals surface area (Å²) in [5.74, 6) is -1.02. The van der Waals surface area contributed by atoms with Crippen LogP contribution in [0.15, 0.2) is 36.4 Å². The molecule has 144 valence electrons. The zero-order chi connectivity index (χ0) is 19.8. The van der Waals surface area contributed by atoms with Crippen molar-refractivity contribution in [2.45, 2.75) is 26.3 Å². The Bertz CT molecular complexity index is 797. The summed E-state index contributed by atoms with van der Waals surface area (Å²) in [5, 5.41) is 2.70. The number of nitrogens with one attached hydrogen (secondary N) is 1. The molecule has 0 unspecified atom stereocenters. The van der Waals surface area contributed by atoms with Gasteiger partial charge in [0.25, 0.3) is 5.91 Å². The number of benzene rings is 1. The summed E-state index contributed by atoms with van der Waals surface area (Å²) in [5.41, 5.74) is 2.03. The van der Waals surface area contributed by atoms with Crippen LogP contribution in [0.5, 0.6) is 0 Å². The van der Waals surface area contributed by atoms with Gasteiger partial charge < -0.3 is 15.0 Å². The topological polar surface area (TPSA) is 75.7 Å². The number of thiophene rings is 1. The maximum absolute atomic E-state index is 11.9. The number of rotatable bonds is 9. The van der Waals surface area contributed by atoms with Crippen LogP contribution in [0.3, 0.4) is 0 Å². The Labute approximate surface area is 163 Å². The van der Waals surface area contributed by atoms with Crippen molar-refractivity contribution >= 4 is 34.7 Å². The average molecular weight is 388 g/mol. The molecule has 1 aromatic carbocycles. The predicted molar refractivity (Wildman–Crippen MR) is 106 cm³/mol. The minimum Gasteiger partial charge on any atom is -0.456 e. The van der Waals surface area contributed by atoms with Gasteiger partial charge in [-0.25, -0.2) is 0 Å². The Morgan fingerprint density at radius 2 is 1.74 bits per heavy atom. The standard InChI is InChI=1S/C20H24N2O4S/c1-14-4-10-18(27-14)17(23)9-11-20(25)26-13-19(24)21-12-15-5-7-16(8-6-15)22(2)3/h4-8,10H,9,11-13H2,1-3H3,(H,21,24). The summed E-state index contributed by atoms with van der Waals surface area (Å²) in [6, 6.07) is 11.4. The Morgan fingerprint density at radius 1 is 1.04 bits per heavy atom. The van der Waals surface area contributed by atoms with E-state index in [0.29, 0.717) is 11.4 Å². The molecule has 7 heteroatoms. The highest BCUT2D eigenvalue weighted by Gasteiger charge is 2.13. The average Bonchev–Trinajstić information content (AvgIpc) is 3.09. The van der Waals surface area contributed by atoms with Gasteiger partial charge in [-0.1, -0.05) is 12.1 Å². The third-order valence-electron chi connectivity index (χ3n) is 3.88. The minimum absolute atomic E-state index is 0.0327. The van der Waals surface area contributed by atoms with E-state index < -0.39 is 5.97 Å². The summed E-state index contributed by atoms with van der Waals surface area (Å²) >= 11 is 1.40. The van der Waals surface area contributed by atoms with Crippen LogP contribution in [0.2, 0.25) is 0 Å². The summed E-state index contributed by atoms with van der Waals surface area (Å²) in [6.45, 7) is 1.94. The fraction of sp³-hybridized carbons (Fsp3) is 0.350. The molecule has 2 rings (SSSR count). The van der Waals surface area contributed by atoms with Gasteiger partial charge in [0.05, 0.1) is 11.3 Å². The molecule has 0 saturated heterocycles. The maximum Gasteiger partial charge on any atom is 0.306 e. The smallest absolute Gasteiger partial charge is 0.306 e. The lowest BCUT2D eigenvalue weighted by atomic mass is 10.2. The molecule has 1 heterocycles. The van der Waals surface area contributed by atoms with Crippen LogP contribution in [0.25, 0.3) is 0 Å². The molecular formula is C20H24N2O4S. The van der Waals surface area contributed by atoms with E-state index in [1.165, 1.54) is 11.3 Å². The van der Waals surface area contributed by atoms with Crippen molar-refractivity contribution in [3.63, 3.8) is 0 Å². The number of anilines is 1. The van der Waals surface area contributed by atoms with Crippen molar-refractivity contribution in [1.29, 1.82) is 0 Å². The Hall–Kier alpha value is -2.67. The molecular weight excluding hydrogens is 364 g/mol. The number of esters is 1. The van der Waals surface area contributed by atoms with E-state index in [-0.39, 0.29) is 31.1 Å². The summed E-state index contributed by atoms with van der Waals surface area (Å²) in [6.07, 6.45) is 0.0493. The van der Waals surface area contributed by atoms with Gasteiger partial charge in [-0.3, -0.25) is 14.4 Å². The number of ketones is 1. The fourth-order valence-electron chi connectivity index (χ4n) is 2.31. The first-order chi connectivity index (χ1) is 12.8. The molecule has 0 aliphatic rings. The Kier molecular flexibility index (Phi) is 7.55. The van der Waals surface area contributed by atoms with Crippen molar-refractivity contribution in [2.75, 3.05) is 25.6 Å². The number of nitrogens with zero attached hydrogens (tertiary/aromatic N) is 1. The van der Waals surface area contributed by atoms with Gasteiger partial charge >= 0.3 is 5.97 Å². The first kappa shape index (κ1) is 20.6. The van der Waals surface area contributed by atoms with Gasteiger partial charge in [0.1, 0.15) is 0 Å². The molecule has 1 N–H and O–H groups in total. The van der Waals surface area contributed by atoms with Crippen molar-refractivity contribution in [3.8, 4) is 0 Å². The number of amides is 1. The molecule has 1 amide bonds. The van der Waals surface area contributed by atoms with Gasteiger partial charge in [-0.15, -0.1) is 11.3 Å². The van der Waals surface area contributed by atoms with Gasteiger partial charge in [0.2, 0.25) is 0 Å². The molecule has 0 radical (unpaired) electrons. The van der Waals surface area contributed by atoms with E-state index in [1.54, 1.807) is 6.07 Å². The van der Waals surface area contributed by atoms with Gasteiger partial charge in [0, 0.05) is 37.6 Å². The van der Waals surface area contributed by atoms with Crippen molar-refractivity contribution in [3.05, 3.63) is 51.7 Å². The summed E-state index contributed by atoms with van der Waals surface area (Å²) < 4.78 is 4.93. The molecule has 0 fully saturated rings. The van der Waals surface area contributed by atoms with E-state index >= 15 is 0 Å². The number of hydrogen-bond donors (Lipinski definition) is 1. The predicted octanol–water partition coefficient (Wildman–Crippen LogP) is 2.95. The van der Waals surface area contributed by atoms with Gasteiger partial charge in [-0.05, 0) is 36.8 Å². The lowest BCUT2D eigenvalue weighted by Gasteiger charge is -2.13. The molecule has 27 heavy (non-hydrogen) atoms. The van der Waals surface area contributed by atoms with E-state index in [4.69, 9.17) is 4.74 Å². The highest BCUT2D eigenvalue weighted by Crippen LogP contribution is 2.17. The van der Waals surface area contributed by atoms with E-state index in [2.05, 4.69) is 5.32 Å². The van der Waals surface area contributed by atoms with Crippen LogP contribution in [-0.4, -0.2) is 38.4 Å². The highest BCUT2D eigenvalue weighted by molar-refractivity contribution is 7.14. The fourth-order valence-corrected chi connectivity index (χ4v) is 3.14. The summed E-state index contributed by atoms with van der Waals surface area (Å²) in [7, 11) is 3.92. The first-order valence-corrected chi connectivity index (χ1v) is 9.45. The maximum atomic E-state index is 11.9. The van der Waals surface area contributed by atoms with Crippen LogP contribution < -0.4 is 10.2 Å². The Morgan fingerprint density at radius 3 is 2.33 bits per heavy atom.